The normalized spacial score (nSPS) is 27.5. The van der Waals surface area contributed by atoms with Crippen LogP contribution in [0.5, 0.6) is 0 Å². The lowest BCUT2D eigenvalue weighted by Crippen LogP contribution is -2.28. The van der Waals surface area contributed by atoms with Gasteiger partial charge in [0.2, 0.25) is 0 Å². The number of carboxylic acids is 1. The van der Waals surface area contributed by atoms with Crippen LogP contribution in [0.15, 0.2) is 12.2 Å². The quantitative estimate of drug-likeness (QED) is 0.379. The molecule has 2 aliphatic rings. The lowest BCUT2D eigenvalue weighted by molar-refractivity contribution is -0.137. The topological polar surface area (TPSA) is 72.8 Å². The van der Waals surface area contributed by atoms with Gasteiger partial charge in [-0.1, -0.05) is 39.7 Å². The maximum absolute atomic E-state index is 12.6. The van der Waals surface area contributed by atoms with Gasteiger partial charge in [0.05, 0.1) is 12.2 Å². The second-order valence-electron chi connectivity index (χ2n) is 8.64. The number of unbranched alkanes of at least 4 members (excludes halogenated alkanes) is 1. The van der Waals surface area contributed by atoms with Crippen molar-refractivity contribution in [2.45, 2.75) is 84.3 Å². The standard InChI is InChI=1S/C22H36O5/c1-4-5-13-22(2,3)20(23)11-8-16-17(19-10-9-18(16)27-19)12-15-26-14-6-7-21(24)25/h8,11,16-19H,4-7,9-10,12-15H2,1-3H3,(H,24,25)/t16-,17+,18-,19+/m0/s1. The molecule has 4 atom stereocenters. The van der Waals surface area contributed by atoms with Crippen molar-refractivity contribution in [2.24, 2.45) is 17.3 Å². The molecule has 5 nitrogen and oxygen atoms in total. The third-order valence-electron chi connectivity index (χ3n) is 6.05. The van der Waals surface area contributed by atoms with Gasteiger partial charge < -0.3 is 14.6 Å². The number of carbonyl (C=O) groups excluding carboxylic acids is 1. The van der Waals surface area contributed by atoms with Crippen LogP contribution in [0.3, 0.4) is 0 Å². The summed E-state index contributed by atoms with van der Waals surface area (Å²) in [6.45, 7) is 7.33. The van der Waals surface area contributed by atoms with E-state index in [-0.39, 0.29) is 35.7 Å². The Labute approximate surface area is 163 Å². The summed E-state index contributed by atoms with van der Waals surface area (Å²) in [5.74, 6) is 0.113. The van der Waals surface area contributed by atoms with Gasteiger partial charge in [0, 0.05) is 31.0 Å². The van der Waals surface area contributed by atoms with Crippen LogP contribution in [0.1, 0.15) is 72.1 Å². The van der Waals surface area contributed by atoms with Crippen LogP contribution >= 0.6 is 0 Å². The molecule has 0 aromatic carbocycles. The SMILES string of the molecule is CCCCC(C)(C)C(=O)C=C[C@H]1[C@@H](CCOCCCC(=O)O)[C@H]2CC[C@@H]1O2. The van der Waals surface area contributed by atoms with E-state index in [0.29, 0.717) is 25.6 Å². The fourth-order valence-electron chi connectivity index (χ4n) is 4.27. The molecule has 1 N–H and O–H groups in total. The van der Waals surface area contributed by atoms with Crippen LogP contribution in [-0.2, 0) is 19.1 Å². The molecule has 27 heavy (non-hydrogen) atoms. The second kappa shape index (κ2) is 10.4. The van der Waals surface area contributed by atoms with Crippen molar-refractivity contribution in [2.75, 3.05) is 13.2 Å². The number of hydrogen-bond donors (Lipinski definition) is 1. The molecule has 2 bridgehead atoms. The predicted octanol–water partition coefficient (Wildman–Crippen LogP) is 4.39. The number of carbonyl (C=O) groups is 2. The monoisotopic (exact) mass is 380 g/mol. The van der Waals surface area contributed by atoms with E-state index in [1.807, 2.05) is 13.8 Å². The molecule has 2 aliphatic heterocycles. The zero-order valence-electron chi connectivity index (χ0n) is 17.1. The van der Waals surface area contributed by atoms with Gasteiger partial charge in [0.25, 0.3) is 0 Å². The zero-order valence-corrected chi connectivity index (χ0v) is 17.1. The predicted molar refractivity (Wildman–Crippen MR) is 105 cm³/mol. The Bertz CT molecular complexity index is 525. The fraction of sp³-hybridized carbons (Fsp3) is 0.818. The van der Waals surface area contributed by atoms with Crippen molar-refractivity contribution in [3.8, 4) is 0 Å². The fourth-order valence-corrected chi connectivity index (χ4v) is 4.27. The first-order chi connectivity index (χ1) is 12.8. The summed E-state index contributed by atoms with van der Waals surface area (Å²) in [7, 11) is 0. The average molecular weight is 381 g/mol. The number of ether oxygens (including phenoxy) is 2. The van der Waals surface area contributed by atoms with Gasteiger partial charge in [-0.3, -0.25) is 9.59 Å². The second-order valence-corrected chi connectivity index (χ2v) is 8.64. The lowest BCUT2D eigenvalue weighted by atomic mass is 9.76. The van der Waals surface area contributed by atoms with E-state index < -0.39 is 5.97 Å². The van der Waals surface area contributed by atoms with Gasteiger partial charge >= 0.3 is 5.97 Å². The minimum atomic E-state index is -0.781. The molecule has 2 fully saturated rings. The molecular formula is C22H36O5. The molecule has 2 saturated heterocycles. The summed E-state index contributed by atoms with van der Waals surface area (Å²) >= 11 is 0. The van der Waals surface area contributed by atoms with Crippen molar-refractivity contribution >= 4 is 11.8 Å². The smallest absolute Gasteiger partial charge is 0.303 e. The average Bonchev–Trinajstić information content (AvgIpc) is 3.22. The highest BCUT2D eigenvalue weighted by atomic mass is 16.5. The van der Waals surface area contributed by atoms with Gasteiger partial charge in [-0.05, 0) is 44.1 Å². The summed E-state index contributed by atoms with van der Waals surface area (Å²) in [6, 6.07) is 0. The summed E-state index contributed by atoms with van der Waals surface area (Å²) in [4.78, 5) is 23.1. The van der Waals surface area contributed by atoms with Crippen LogP contribution in [0.4, 0.5) is 0 Å². The van der Waals surface area contributed by atoms with E-state index in [1.54, 1.807) is 6.08 Å². The Morgan fingerprint density at radius 1 is 1.19 bits per heavy atom. The minimum absolute atomic E-state index is 0.151. The highest BCUT2D eigenvalue weighted by Gasteiger charge is 2.47. The van der Waals surface area contributed by atoms with Crippen molar-refractivity contribution in [1.29, 1.82) is 0 Å². The minimum Gasteiger partial charge on any atom is -0.481 e. The number of ketones is 1. The maximum Gasteiger partial charge on any atom is 0.303 e. The van der Waals surface area contributed by atoms with Crippen molar-refractivity contribution < 1.29 is 24.2 Å². The maximum atomic E-state index is 12.6. The molecule has 0 saturated carbocycles. The Morgan fingerprint density at radius 2 is 1.93 bits per heavy atom. The van der Waals surface area contributed by atoms with E-state index in [9.17, 15) is 9.59 Å². The number of fused-ring (bicyclic) bond motifs is 2. The molecule has 0 spiro atoms. The van der Waals surface area contributed by atoms with Gasteiger partial charge in [-0.25, -0.2) is 0 Å². The summed E-state index contributed by atoms with van der Waals surface area (Å²) in [5, 5.41) is 8.65. The molecule has 0 unspecified atom stereocenters. The van der Waals surface area contributed by atoms with Crippen molar-refractivity contribution in [1.82, 2.24) is 0 Å². The van der Waals surface area contributed by atoms with Crippen LogP contribution < -0.4 is 0 Å². The first-order valence-electron chi connectivity index (χ1n) is 10.5. The molecule has 0 aromatic rings. The third-order valence-corrected chi connectivity index (χ3v) is 6.05. The zero-order chi connectivity index (χ0) is 19.9. The highest BCUT2D eigenvalue weighted by molar-refractivity contribution is 5.94. The molecule has 0 amide bonds. The Morgan fingerprint density at radius 3 is 2.63 bits per heavy atom. The van der Waals surface area contributed by atoms with E-state index >= 15 is 0 Å². The first kappa shape index (κ1) is 22.1. The number of carboxylic acid groups (broad SMARTS) is 1. The van der Waals surface area contributed by atoms with Crippen molar-refractivity contribution in [3.63, 3.8) is 0 Å². The van der Waals surface area contributed by atoms with Crippen molar-refractivity contribution in [3.05, 3.63) is 12.2 Å². The molecular weight excluding hydrogens is 344 g/mol. The van der Waals surface area contributed by atoms with Crippen LogP contribution in [0.25, 0.3) is 0 Å². The third kappa shape index (κ3) is 6.42. The number of rotatable bonds is 13. The van der Waals surface area contributed by atoms with Gasteiger partial charge in [0.15, 0.2) is 5.78 Å². The molecule has 0 aliphatic carbocycles. The van der Waals surface area contributed by atoms with Gasteiger partial charge in [-0.2, -0.15) is 0 Å². The molecule has 5 heteroatoms. The Kier molecular flexibility index (Phi) is 8.49. The first-order valence-corrected chi connectivity index (χ1v) is 10.5. The number of hydrogen-bond acceptors (Lipinski definition) is 4. The molecule has 0 aromatic heterocycles. The molecule has 154 valence electrons. The Balaban J connectivity index is 1.83. The lowest BCUT2D eigenvalue weighted by Gasteiger charge is -2.26. The number of aliphatic carboxylic acids is 1. The summed E-state index contributed by atoms with van der Waals surface area (Å²) < 4.78 is 11.7. The summed E-state index contributed by atoms with van der Waals surface area (Å²) in [6.07, 6.45) is 11.3. The Hall–Kier alpha value is -1.20. The van der Waals surface area contributed by atoms with Crippen LogP contribution in [-0.4, -0.2) is 42.3 Å². The van der Waals surface area contributed by atoms with E-state index in [0.717, 1.165) is 38.5 Å². The molecule has 2 heterocycles. The molecule has 0 radical (unpaired) electrons. The highest BCUT2D eigenvalue weighted by Crippen LogP contribution is 2.45. The largest absolute Gasteiger partial charge is 0.481 e. The van der Waals surface area contributed by atoms with E-state index in [2.05, 4.69) is 13.0 Å². The van der Waals surface area contributed by atoms with Crippen LogP contribution in [0, 0.1) is 17.3 Å². The molecule has 2 rings (SSSR count). The van der Waals surface area contributed by atoms with Gasteiger partial charge in [-0.15, -0.1) is 0 Å². The van der Waals surface area contributed by atoms with E-state index in [1.165, 1.54) is 0 Å². The van der Waals surface area contributed by atoms with Crippen LogP contribution in [0.2, 0.25) is 0 Å². The van der Waals surface area contributed by atoms with Gasteiger partial charge in [0.1, 0.15) is 0 Å². The van der Waals surface area contributed by atoms with E-state index in [4.69, 9.17) is 14.6 Å². The summed E-state index contributed by atoms with van der Waals surface area (Å²) in [5.41, 5.74) is -0.298. The number of allylic oxidation sites excluding steroid dienone is 1.